The molecule has 220 valence electrons. The van der Waals surface area contributed by atoms with Crippen LogP contribution in [0.3, 0.4) is 0 Å². The van der Waals surface area contributed by atoms with E-state index >= 15 is 0 Å². The summed E-state index contributed by atoms with van der Waals surface area (Å²) in [7, 11) is 4.80. The molecule has 4 heterocycles. The summed E-state index contributed by atoms with van der Waals surface area (Å²) in [5, 5.41) is 16.3. The van der Waals surface area contributed by atoms with Gasteiger partial charge in [0.05, 0.1) is 61.8 Å². The lowest BCUT2D eigenvalue weighted by atomic mass is 10.0. The number of anilines is 2. The Labute approximate surface area is 250 Å². The van der Waals surface area contributed by atoms with Gasteiger partial charge in [0, 0.05) is 61.0 Å². The van der Waals surface area contributed by atoms with E-state index in [4.69, 9.17) is 52.1 Å². The number of hydrogen-bond donors (Lipinski definition) is 2. The SMILES string of the molecule is COCCN1N=CC(CNc2nc(-c3c(Cl)c(OC)cc(OC)c3Cl)cc3cnc(NC4CCCOC4)cc23)C1C. The van der Waals surface area contributed by atoms with Gasteiger partial charge >= 0.3 is 0 Å². The molecular formula is C29H36Cl2N6O4. The van der Waals surface area contributed by atoms with Gasteiger partial charge in [-0.05, 0) is 31.9 Å². The fourth-order valence-corrected chi connectivity index (χ4v) is 5.86. The molecule has 3 aromatic rings. The second-order valence-electron chi connectivity index (χ2n) is 10.2. The summed E-state index contributed by atoms with van der Waals surface area (Å²) < 4.78 is 21.9. The minimum absolute atomic E-state index is 0.176. The molecule has 2 aliphatic heterocycles. The van der Waals surface area contributed by atoms with Crippen LogP contribution >= 0.6 is 23.2 Å². The molecule has 41 heavy (non-hydrogen) atoms. The molecule has 5 rings (SSSR count). The Morgan fingerprint density at radius 2 is 1.88 bits per heavy atom. The van der Waals surface area contributed by atoms with E-state index in [-0.39, 0.29) is 18.0 Å². The maximum atomic E-state index is 6.78. The normalized spacial score (nSPS) is 20.4. The zero-order chi connectivity index (χ0) is 28.9. The molecule has 12 heteroatoms. The highest BCUT2D eigenvalue weighted by Gasteiger charge is 2.27. The lowest BCUT2D eigenvalue weighted by Gasteiger charge is -2.25. The monoisotopic (exact) mass is 602 g/mol. The van der Waals surface area contributed by atoms with Crippen LogP contribution in [0.1, 0.15) is 19.8 Å². The van der Waals surface area contributed by atoms with Gasteiger partial charge in [-0.15, -0.1) is 0 Å². The summed E-state index contributed by atoms with van der Waals surface area (Å²) in [6.07, 6.45) is 5.88. The van der Waals surface area contributed by atoms with E-state index in [0.29, 0.717) is 58.4 Å². The number of fused-ring (bicyclic) bond motifs is 1. The number of aromatic nitrogens is 2. The third-order valence-electron chi connectivity index (χ3n) is 7.58. The molecular weight excluding hydrogens is 567 g/mol. The Bertz CT molecular complexity index is 1370. The van der Waals surface area contributed by atoms with Gasteiger partial charge in [0.25, 0.3) is 0 Å². The van der Waals surface area contributed by atoms with Crippen molar-refractivity contribution >= 4 is 51.8 Å². The highest BCUT2D eigenvalue weighted by atomic mass is 35.5. The zero-order valence-electron chi connectivity index (χ0n) is 23.7. The Hall–Kier alpha value is -3.05. The highest BCUT2D eigenvalue weighted by Crippen LogP contribution is 2.46. The minimum Gasteiger partial charge on any atom is -0.495 e. The molecule has 3 unspecified atom stereocenters. The van der Waals surface area contributed by atoms with Gasteiger partial charge in [-0.1, -0.05) is 23.2 Å². The van der Waals surface area contributed by atoms with Crippen molar-refractivity contribution < 1.29 is 18.9 Å². The Morgan fingerprint density at radius 3 is 2.56 bits per heavy atom. The first-order chi connectivity index (χ1) is 19.9. The van der Waals surface area contributed by atoms with Crippen molar-refractivity contribution in [1.82, 2.24) is 15.0 Å². The summed E-state index contributed by atoms with van der Waals surface area (Å²) >= 11 is 13.6. The number of hydrogen-bond acceptors (Lipinski definition) is 10. The average Bonchev–Trinajstić information content (AvgIpc) is 3.34. The third kappa shape index (κ3) is 6.40. The predicted molar refractivity (Wildman–Crippen MR) is 164 cm³/mol. The molecule has 1 fully saturated rings. The molecule has 0 amide bonds. The van der Waals surface area contributed by atoms with Crippen LogP contribution in [0.2, 0.25) is 10.0 Å². The number of ether oxygens (including phenoxy) is 4. The molecule has 2 aliphatic rings. The van der Waals surface area contributed by atoms with Crippen molar-refractivity contribution in [2.45, 2.75) is 31.8 Å². The van der Waals surface area contributed by atoms with Gasteiger partial charge in [-0.3, -0.25) is 5.01 Å². The molecule has 2 aromatic heterocycles. The largest absolute Gasteiger partial charge is 0.495 e. The van der Waals surface area contributed by atoms with Crippen LogP contribution in [0.4, 0.5) is 11.6 Å². The highest BCUT2D eigenvalue weighted by molar-refractivity contribution is 6.41. The Balaban J connectivity index is 1.52. The first-order valence-corrected chi connectivity index (χ1v) is 14.5. The number of nitrogens with one attached hydrogen (secondary N) is 2. The predicted octanol–water partition coefficient (Wildman–Crippen LogP) is 5.58. The van der Waals surface area contributed by atoms with E-state index in [1.54, 1.807) is 27.4 Å². The van der Waals surface area contributed by atoms with Gasteiger partial charge in [0.2, 0.25) is 0 Å². The third-order valence-corrected chi connectivity index (χ3v) is 8.33. The van der Waals surface area contributed by atoms with Crippen LogP contribution in [-0.2, 0) is 9.47 Å². The van der Waals surface area contributed by atoms with Crippen LogP contribution in [-0.4, -0.2) is 87.5 Å². The summed E-state index contributed by atoms with van der Waals surface area (Å²) in [6.45, 7) is 5.62. The maximum absolute atomic E-state index is 6.78. The van der Waals surface area contributed by atoms with E-state index in [9.17, 15) is 0 Å². The van der Waals surface area contributed by atoms with E-state index in [2.05, 4.69) is 27.7 Å². The van der Waals surface area contributed by atoms with Gasteiger partial charge in [-0.25, -0.2) is 9.97 Å². The molecule has 0 saturated carbocycles. The van der Waals surface area contributed by atoms with Crippen molar-refractivity contribution in [2.75, 3.05) is 64.9 Å². The molecule has 0 bridgehead atoms. The van der Waals surface area contributed by atoms with Crippen LogP contribution in [0.5, 0.6) is 11.5 Å². The number of methoxy groups -OCH3 is 3. The van der Waals surface area contributed by atoms with E-state index in [1.807, 2.05) is 24.5 Å². The van der Waals surface area contributed by atoms with Crippen LogP contribution in [0.15, 0.2) is 29.5 Å². The Kier molecular flexibility index (Phi) is 9.54. The molecule has 1 saturated heterocycles. The van der Waals surface area contributed by atoms with Gasteiger partial charge in [0.15, 0.2) is 0 Å². The van der Waals surface area contributed by atoms with Crippen molar-refractivity contribution in [3.63, 3.8) is 0 Å². The fourth-order valence-electron chi connectivity index (χ4n) is 5.17. The minimum atomic E-state index is 0.176. The number of halogens is 2. The number of nitrogens with zero attached hydrogens (tertiary/aromatic N) is 4. The van der Waals surface area contributed by atoms with Crippen molar-refractivity contribution in [2.24, 2.45) is 11.0 Å². The molecule has 0 aliphatic carbocycles. The first kappa shape index (κ1) is 29.4. The van der Waals surface area contributed by atoms with Crippen molar-refractivity contribution in [3.05, 3.63) is 34.4 Å². The van der Waals surface area contributed by atoms with E-state index < -0.39 is 0 Å². The summed E-state index contributed by atoms with van der Waals surface area (Å²) in [4.78, 5) is 9.74. The van der Waals surface area contributed by atoms with Crippen molar-refractivity contribution in [1.29, 1.82) is 0 Å². The standard InChI is InChI=1S/C29H36Cl2N6O4/c1-17-19(15-34-37(17)7-9-38-2)14-33-29-21-11-25(35-20-6-5-8-41-16-20)32-13-18(21)10-22(36-29)26-27(30)23(39-3)12-24(40-4)28(26)31/h10-13,15,17,19-20H,5-9,14,16H2,1-4H3,(H,32,35)(H,33,36). The van der Waals surface area contributed by atoms with E-state index in [1.165, 1.54) is 0 Å². The second kappa shape index (κ2) is 13.3. The number of hydrazone groups is 1. The van der Waals surface area contributed by atoms with Gasteiger partial charge < -0.3 is 29.6 Å². The quantitative estimate of drug-likeness (QED) is 0.291. The van der Waals surface area contributed by atoms with Gasteiger partial charge in [-0.2, -0.15) is 5.10 Å². The van der Waals surface area contributed by atoms with Crippen LogP contribution in [0, 0.1) is 5.92 Å². The molecule has 1 aromatic carbocycles. The molecule has 10 nitrogen and oxygen atoms in total. The van der Waals surface area contributed by atoms with Gasteiger partial charge in [0.1, 0.15) is 23.1 Å². The van der Waals surface area contributed by atoms with Crippen molar-refractivity contribution in [3.8, 4) is 22.8 Å². The number of pyridine rings is 2. The topological polar surface area (TPSA) is 102 Å². The van der Waals surface area contributed by atoms with Crippen LogP contribution < -0.4 is 20.1 Å². The first-order valence-electron chi connectivity index (χ1n) is 13.7. The lowest BCUT2D eigenvalue weighted by Crippen LogP contribution is -2.34. The maximum Gasteiger partial charge on any atom is 0.141 e. The van der Waals surface area contributed by atoms with Crippen LogP contribution in [0.25, 0.3) is 22.0 Å². The molecule has 2 N–H and O–H groups in total. The molecule has 3 atom stereocenters. The number of benzene rings is 1. The summed E-state index contributed by atoms with van der Waals surface area (Å²) in [5.41, 5.74) is 1.10. The molecule has 0 radical (unpaired) electrons. The Morgan fingerprint density at radius 1 is 1.10 bits per heavy atom. The summed E-state index contributed by atoms with van der Waals surface area (Å²) in [6, 6.07) is 6.05. The van der Waals surface area contributed by atoms with E-state index in [0.717, 1.165) is 42.6 Å². The number of rotatable bonds is 11. The average molecular weight is 604 g/mol. The second-order valence-corrected chi connectivity index (χ2v) is 11.0. The zero-order valence-corrected chi connectivity index (χ0v) is 25.3. The lowest BCUT2D eigenvalue weighted by molar-refractivity contribution is 0.0875. The summed E-state index contributed by atoms with van der Waals surface area (Å²) in [5.74, 6) is 2.52. The smallest absolute Gasteiger partial charge is 0.141 e. The molecule has 0 spiro atoms. The fraction of sp³-hybridized carbons (Fsp3) is 0.483.